The summed E-state index contributed by atoms with van der Waals surface area (Å²) in [6.45, 7) is 0. The summed E-state index contributed by atoms with van der Waals surface area (Å²) < 4.78 is 0. The van der Waals surface area contributed by atoms with Gasteiger partial charge in [0, 0.05) is 0 Å². The van der Waals surface area contributed by atoms with E-state index in [0.29, 0.717) is 0 Å². The van der Waals surface area contributed by atoms with Crippen LogP contribution >= 0.6 is 0 Å². The van der Waals surface area contributed by atoms with Crippen molar-refractivity contribution in [3.05, 3.63) is 120 Å². The van der Waals surface area contributed by atoms with Crippen LogP contribution in [0, 0.1) is 0 Å². The van der Waals surface area contributed by atoms with Crippen molar-refractivity contribution in [1.29, 1.82) is 0 Å². The fourth-order valence-electron chi connectivity index (χ4n) is 6.93. The topological polar surface area (TPSA) is 0 Å². The van der Waals surface area contributed by atoms with Crippen LogP contribution in [-0.2, 0) is 12.8 Å². The Hall–Kier alpha value is -4.16. The molecule has 0 aromatic heterocycles. The average Bonchev–Trinajstić information content (AvgIpc) is 3.27. The Balaban J connectivity index is 1.63. The summed E-state index contributed by atoms with van der Waals surface area (Å²) in [6, 6.07) is 40.7. The Bertz CT molecular complexity index is 1810. The molecule has 0 aliphatic heterocycles. The molecule has 0 heterocycles. The van der Waals surface area contributed by atoms with Crippen molar-refractivity contribution in [2.24, 2.45) is 0 Å². The highest BCUT2D eigenvalue weighted by Gasteiger charge is 2.32. The van der Waals surface area contributed by atoms with Crippen LogP contribution < -0.4 is 0 Å². The van der Waals surface area contributed by atoms with E-state index in [1.165, 1.54) is 91.7 Å². The van der Waals surface area contributed by atoms with E-state index in [9.17, 15) is 0 Å². The molecule has 8 rings (SSSR count). The van der Waals surface area contributed by atoms with Gasteiger partial charge in [-0.2, -0.15) is 0 Å². The van der Waals surface area contributed by atoms with Gasteiger partial charge in [-0.3, -0.25) is 0 Å². The third-order valence-corrected chi connectivity index (χ3v) is 8.37. The standard InChI is InChI=1S/C36H26/c1-3-12-23(13-4-1)32-28-18-9-10-19-29(28)33(24-14-5-2-6-15-24)36-31-22-25-16-7-8-17-26(25)27-20-11-21-30(34(27)31)35(32)36/h1-6,9-15,18-22H,7-8,16-17H2. The maximum absolute atomic E-state index is 2.56. The zero-order chi connectivity index (χ0) is 23.6. The Morgan fingerprint density at radius 2 is 0.972 bits per heavy atom. The van der Waals surface area contributed by atoms with E-state index in [2.05, 4.69) is 109 Å². The quantitative estimate of drug-likeness (QED) is 0.242. The third kappa shape index (κ3) is 2.70. The SMILES string of the molecule is c1ccc(-c2c3c(c(-c4ccccc4)c4ccccc24)-c2cc4c(c5cccc-3c25)CCCC4)cc1. The van der Waals surface area contributed by atoms with Gasteiger partial charge >= 0.3 is 0 Å². The van der Waals surface area contributed by atoms with Crippen molar-refractivity contribution in [2.75, 3.05) is 0 Å². The molecule has 0 amide bonds. The molecule has 0 bridgehead atoms. The van der Waals surface area contributed by atoms with Gasteiger partial charge in [-0.05, 0) is 103 Å². The molecule has 0 saturated carbocycles. The minimum atomic E-state index is 1.19. The summed E-state index contributed by atoms with van der Waals surface area (Å²) in [5.74, 6) is 0. The maximum Gasteiger partial charge on any atom is -0.000731 e. The highest BCUT2D eigenvalue weighted by atomic mass is 14.3. The molecule has 0 heteroatoms. The first-order valence-electron chi connectivity index (χ1n) is 13.2. The maximum atomic E-state index is 2.56. The number of benzene rings is 6. The van der Waals surface area contributed by atoms with Crippen molar-refractivity contribution < 1.29 is 0 Å². The fourth-order valence-corrected chi connectivity index (χ4v) is 6.93. The molecule has 170 valence electrons. The number of hydrogen-bond acceptors (Lipinski definition) is 0. The lowest BCUT2D eigenvalue weighted by atomic mass is 9.82. The summed E-state index contributed by atoms with van der Waals surface area (Å²) >= 11 is 0. The summed E-state index contributed by atoms with van der Waals surface area (Å²) in [5, 5.41) is 5.59. The van der Waals surface area contributed by atoms with E-state index >= 15 is 0 Å². The summed E-state index contributed by atoms with van der Waals surface area (Å²) in [4.78, 5) is 0. The minimum Gasteiger partial charge on any atom is -0.0622 e. The van der Waals surface area contributed by atoms with Crippen molar-refractivity contribution in [2.45, 2.75) is 25.7 Å². The van der Waals surface area contributed by atoms with E-state index in [1.54, 1.807) is 11.1 Å². The molecule has 0 fully saturated rings. The molecule has 0 nitrogen and oxygen atoms in total. The molecule has 2 aliphatic carbocycles. The van der Waals surface area contributed by atoms with Gasteiger partial charge in [0.2, 0.25) is 0 Å². The van der Waals surface area contributed by atoms with Gasteiger partial charge in [-0.15, -0.1) is 0 Å². The van der Waals surface area contributed by atoms with Crippen LogP contribution in [0.5, 0.6) is 0 Å². The van der Waals surface area contributed by atoms with Crippen molar-refractivity contribution in [1.82, 2.24) is 0 Å². The van der Waals surface area contributed by atoms with Crippen LogP contribution in [0.4, 0.5) is 0 Å². The molecule has 36 heavy (non-hydrogen) atoms. The molecule has 6 aromatic rings. The highest BCUT2D eigenvalue weighted by molar-refractivity contribution is 6.28. The monoisotopic (exact) mass is 458 g/mol. The third-order valence-electron chi connectivity index (χ3n) is 8.37. The molecule has 0 spiro atoms. The Labute approximate surface area is 211 Å². The zero-order valence-corrected chi connectivity index (χ0v) is 20.2. The van der Waals surface area contributed by atoms with E-state index in [4.69, 9.17) is 0 Å². The van der Waals surface area contributed by atoms with Gasteiger partial charge in [-0.1, -0.05) is 109 Å². The highest BCUT2D eigenvalue weighted by Crippen LogP contribution is 2.58. The lowest BCUT2D eigenvalue weighted by Gasteiger charge is -2.21. The Kier molecular flexibility index (Phi) is 4.28. The molecule has 6 aromatic carbocycles. The molecule has 0 saturated heterocycles. The second kappa shape index (κ2) is 7.67. The smallest absolute Gasteiger partial charge is 0.000731 e. The lowest BCUT2D eigenvalue weighted by molar-refractivity contribution is 0.690. The second-order valence-corrected chi connectivity index (χ2v) is 10.3. The first kappa shape index (κ1) is 20.1. The number of hydrogen-bond donors (Lipinski definition) is 0. The number of rotatable bonds is 2. The average molecular weight is 459 g/mol. The van der Waals surface area contributed by atoms with Crippen LogP contribution in [0.1, 0.15) is 24.0 Å². The molecular formula is C36H26. The van der Waals surface area contributed by atoms with Gasteiger partial charge in [-0.25, -0.2) is 0 Å². The predicted molar refractivity (Wildman–Crippen MR) is 153 cm³/mol. The minimum absolute atomic E-state index is 1.19. The summed E-state index contributed by atoms with van der Waals surface area (Å²) in [7, 11) is 0. The van der Waals surface area contributed by atoms with Crippen LogP contribution in [0.15, 0.2) is 109 Å². The van der Waals surface area contributed by atoms with Crippen molar-refractivity contribution >= 4 is 21.5 Å². The van der Waals surface area contributed by atoms with E-state index in [1.807, 2.05) is 0 Å². The van der Waals surface area contributed by atoms with Crippen LogP contribution in [0.25, 0.3) is 66.1 Å². The summed E-state index contributed by atoms with van der Waals surface area (Å²) in [5.41, 5.74) is 14.1. The first-order chi connectivity index (χ1) is 17.9. The first-order valence-corrected chi connectivity index (χ1v) is 13.2. The molecular weight excluding hydrogens is 432 g/mol. The molecule has 0 atom stereocenters. The normalized spacial score (nSPS) is 13.7. The van der Waals surface area contributed by atoms with Crippen LogP contribution in [0.3, 0.4) is 0 Å². The van der Waals surface area contributed by atoms with Crippen LogP contribution in [0.2, 0.25) is 0 Å². The van der Waals surface area contributed by atoms with E-state index < -0.39 is 0 Å². The van der Waals surface area contributed by atoms with Gasteiger partial charge in [0.25, 0.3) is 0 Å². The predicted octanol–water partition coefficient (Wildman–Crippen LogP) is 9.85. The number of fused-ring (bicyclic) bond motifs is 6. The zero-order valence-electron chi connectivity index (χ0n) is 20.2. The van der Waals surface area contributed by atoms with Gasteiger partial charge in [0.15, 0.2) is 0 Å². The largest absolute Gasteiger partial charge is 0.0622 e. The van der Waals surface area contributed by atoms with E-state index in [-0.39, 0.29) is 0 Å². The lowest BCUT2D eigenvalue weighted by Crippen LogP contribution is -2.03. The van der Waals surface area contributed by atoms with Crippen LogP contribution in [-0.4, -0.2) is 0 Å². The summed E-state index contributed by atoms with van der Waals surface area (Å²) in [6.07, 6.45) is 4.98. The van der Waals surface area contributed by atoms with Crippen molar-refractivity contribution in [3.8, 4) is 44.5 Å². The van der Waals surface area contributed by atoms with Gasteiger partial charge < -0.3 is 0 Å². The molecule has 2 aliphatic rings. The van der Waals surface area contributed by atoms with Gasteiger partial charge in [0.1, 0.15) is 0 Å². The second-order valence-electron chi connectivity index (χ2n) is 10.3. The Morgan fingerprint density at radius 3 is 1.64 bits per heavy atom. The molecule has 0 N–H and O–H groups in total. The Morgan fingerprint density at radius 1 is 0.417 bits per heavy atom. The molecule has 0 unspecified atom stereocenters. The van der Waals surface area contributed by atoms with E-state index in [0.717, 1.165) is 0 Å². The molecule has 0 radical (unpaired) electrons. The van der Waals surface area contributed by atoms with Crippen molar-refractivity contribution in [3.63, 3.8) is 0 Å². The van der Waals surface area contributed by atoms with Gasteiger partial charge in [0.05, 0.1) is 0 Å². The fraction of sp³-hybridized carbons (Fsp3) is 0.111. The number of aryl methyl sites for hydroxylation is 2.